The van der Waals surface area contributed by atoms with Gasteiger partial charge in [-0.25, -0.2) is 0 Å². The quantitative estimate of drug-likeness (QED) is 0.796. The first-order chi connectivity index (χ1) is 8.40. The van der Waals surface area contributed by atoms with Gasteiger partial charge in [0.15, 0.2) is 5.82 Å². The van der Waals surface area contributed by atoms with Gasteiger partial charge in [-0.2, -0.15) is 4.98 Å². The first kappa shape index (κ1) is 14.6. The largest absolute Gasteiger partial charge is 0.480 e. The first-order valence-corrected chi connectivity index (χ1v) is 6.14. The molecule has 1 aromatic rings. The zero-order chi connectivity index (χ0) is 13.7. The molecule has 0 amide bonds. The van der Waals surface area contributed by atoms with Gasteiger partial charge in [-0.1, -0.05) is 19.0 Å². The summed E-state index contributed by atoms with van der Waals surface area (Å²) in [6.07, 6.45) is 1.81. The standard InChI is InChI=1S/C12H21N3O3/c1-8(2)5-6-10-13-11(18-14-10)7-15(4)9(3)12(16)17/h8-9H,5-7H2,1-4H3,(H,16,17). The minimum Gasteiger partial charge on any atom is -0.480 e. The first-order valence-electron chi connectivity index (χ1n) is 6.14. The van der Waals surface area contributed by atoms with E-state index in [1.807, 2.05) is 0 Å². The Morgan fingerprint density at radius 1 is 1.44 bits per heavy atom. The van der Waals surface area contributed by atoms with Crippen LogP contribution in [0.2, 0.25) is 0 Å². The molecule has 0 radical (unpaired) electrons. The van der Waals surface area contributed by atoms with Crippen molar-refractivity contribution in [1.29, 1.82) is 0 Å². The number of carboxylic acid groups (broad SMARTS) is 1. The SMILES string of the molecule is CC(C)CCc1noc(CN(C)C(C)C(=O)O)n1. The van der Waals surface area contributed by atoms with E-state index < -0.39 is 12.0 Å². The summed E-state index contributed by atoms with van der Waals surface area (Å²) in [5.41, 5.74) is 0. The predicted octanol–water partition coefficient (Wildman–Crippen LogP) is 1.56. The van der Waals surface area contributed by atoms with E-state index >= 15 is 0 Å². The van der Waals surface area contributed by atoms with Crippen LogP contribution in [-0.4, -0.2) is 39.2 Å². The molecule has 1 atom stereocenters. The Labute approximate surface area is 107 Å². The zero-order valence-corrected chi connectivity index (χ0v) is 11.4. The van der Waals surface area contributed by atoms with Crippen molar-refractivity contribution in [3.8, 4) is 0 Å². The molecule has 6 heteroatoms. The fraction of sp³-hybridized carbons (Fsp3) is 0.750. The highest BCUT2D eigenvalue weighted by Gasteiger charge is 2.19. The number of hydrogen-bond acceptors (Lipinski definition) is 5. The Morgan fingerprint density at radius 3 is 2.67 bits per heavy atom. The summed E-state index contributed by atoms with van der Waals surface area (Å²) >= 11 is 0. The van der Waals surface area contributed by atoms with E-state index in [0.717, 1.165) is 12.8 Å². The van der Waals surface area contributed by atoms with Crippen molar-refractivity contribution in [3.05, 3.63) is 11.7 Å². The molecule has 6 nitrogen and oxygen atoms in total. The lowest BCUT2D eigenvalue weighted by atomic mass is 10.1. The van der Waals surface area contributed by atoms with Crippen molar-refractivity contribution < 1.29 is 14.4 Å². The van der Waals surface area contributed by atoms with Crippen molar-refractivity contribution in [2.75, 3.05) is 7.05 Å². The maximum atomic E-state index is 10.8. The van der Waals surface area contributed by atoms with E-state index in [2.05, 4.69) is 24.0 Å². The van der Waals surface area contributed by atoms with E-state index in [-0.39, 0.29) is 0 Å². The second-order valence-electron chi connectivity index (χ2n) is 4.97. The number of hydrogen-bond donors (Lipinski definition) is 1. The topological polar surface area (TPSA) is 79.5 Å². The molecule has 1 N–H and O–H groups in total. The normalized spacial score (nSPS) is 13.2. The molecule has 0 spiro atoms. The van der Waals surface area contributed by atoms with Crippen LogP contribution in [0.3, 0.4) is 0 Å². The molecule has 1 rings (SSSR count). The zero-order valence-electron chi connectivity index (χ0n) is 11.4. The number of carboxylic acids is 1. The van der Waals surface area contributed by atoms with Crippen LogP contribution in [0, 0.1) is 5.92 Å². The number of likely N-dealkylation sites (N-methyl/N-ethyl adjacent to an activating group) is 1. The molecular weight excluding hydrogens is 234 g/mol. The Hall–Kier alpha value is -1.43. The van der Waals surface area contributed by atoms with Crippen LogP contribution >= 0.6 is 0 Å². The van der Waals surface area contributed by atoms with Crippen LogP contribution in [0.1, 0.15) is 38.9 Å². The molecule has 1 unspecified atom stereocenters. The third kappa shape index (κ3) is 4.44. The highest BCUT2D eigenvalue weighted by Crippen LogP contribution is 2.08. The van der Waals surface area contributed by atoms with Gasteiger partial charge in [0.25, 0.3) is 0 Å². The molecule has 0 bridgehead atoms. The average Bonchev–Trinajstić information content (AvgIpc) is 2.72. The fourth-order valence-electron chi connectivity index (χ4n) is 1.41. The Kier molecular flexibility index (Phi) is 5.27. The molecule has 0 fully saturated rings. The smallest absolute Gasteiger partial charge is 0.320 e. The number of nitrogens with zero attached hydrogens (tertiary/aromatic N) is 3. The summed E-state index contributed by atoms with van der Waals surface area (Å²) in [7, 11) is 1.72. The molecule has 0 saturated heterocycles. The van der Waals surface area contributed by atoms with E-state index in [0.29, 0.717) is 24.2 Å². The Bertz CT molecular complexity index is 390. The monoisotopic (exact) mass is 255 g/mol. The third-order valence-electron chi connectivity index (χ3n) is 2.86. The van der Waals surface area contributed by atoms with Crippen LogP contribution in [0.15, 0.2) is 4.52 Å². The average molecular weight is 255 g/mol. The molecule has 0 aliphatic carbocycles. The lowest BCUT2D eigenvalue weighted by Crippen LogP contribution is -2.35. The molecule has 0 aromatic carbocycles. The summed E-state index contributed by atoms with van der Waals surface area (Å²) in [4.78, 5) is 16.7. The van der Waals surface area contributed by atoms with Gasteiger partial charge in [0, 0.05) is 6.42 Å². The lowest BCUT2D eigenvalue weighted by molar-refractivity contribution is -0.142. The predicted molar refractivity (Wildman–Crippen MR) is 66.0 cm³/mol. The lowest BCUT2D eigenvalue weighted by Gasteiger charge is -2.18. The van der Waals surface area contributed by atoms with E-state index in [1.54, 1.807) is 18.9 Å². The van der Waals surface area contributed by atoms with E-state index in [9.17, 15) is 4.79 Å². The Balaban J connectivity index is 2.50. The van der Waals surface area contributed by atoms with Crippen LogP contribution in [0.5, 0.6) is 0 Å². The van der Waals surface area contributed by atoms with Crippen molar-refractivity contribution in [1.82, 2.24) is 15.0 Å². The fourth-order valence-corrected chi connectivity index (χ4v) is 1.41. The Morgan fingerprint density at radius 2 is 2.11 bits per heavy atom. The van der Waals surface area contributed by atoms with Gasteiger partial charge in [-0.15, -0.1) is 0 Å². The van der Waals surface area contributed by atoms with Crippen LogP contribution in [0.25, 0.3) is 0 Å². The van der Waals surface area contributed by atoms with Gasteiger partial charge in [-0.3, -0.25) is 9.69 Å². The summed E-state index contributed by atoms with van der Waals surface area (Å²) in [5.74, 6) is 0.887. The van der Waals surface area contributed by atoms with Crippen molar-refractivity contribution in [3.63, 3.8) is 0 Å². The molecule has 1 aromatic heterocycles. The third-order valence-corrected chi connectivity index (χ3v) is 2.86. The summed E-state index contributed by atoms with van der Waals surface area (Å²) in [6.45, 7) is 6.26. The van der Waals surface area contributed by atoms with Crippen LogP contribution in [0.4, 0.5) is 0 Å². The van der Waals surface area contributed by atoms with Gasteiger partial charge >= 0.3 is 5.97 Å². The second kappa shape index (κ2) is 6.49. The number of aryl methyl sites for hydroxylation is 1. The van der Waals surface area contributed by atoms with Gasteiger partial charge < -0.3 is 9.63 Å². The molecule has 0 aliphatic rings. The number of aliphatic carboxylic acids is 1. The molecule has 18 heavy (non-hydrogen) atoms. The summed E-state index contributed by atoms with van der Waals surface area (Å²) in [6, 6.07) is -0.573. The van der Waals surface area contributed by atoms with Crippen LogP contribution in [-0.2, 0) is 17.8 Å². The number of aromatic nitrogens is 2. The van der Waals surface area contributed by atoms with Gasteiger partial charge in [0.05, 0.1) is 6.54 Å². The molecule has 102 valence electrons. The summed E-state index contributed by atoms with van der Waals surface area (Å²) < 4.78 is 5.10. The number of rotatable bonds is 7. The highest BCUT2D eigenvalue weighted by atomic mass is 16.5. The van der Waals surface area contributed by atoms with E-state index in [1.165, 1.54) is 0 Å². The van der Waals surface area contributed by atoms with E-state index in [4.69, 9.17) is 9.63 Å². The van der Waals surface area contributed by atoms with Crippen molar-refractivity contribution >= 4 is 5.97 Å². The van der Waals surface area contributed by atoms with Crippen molar-refractivity contribution in [2.24, 2.45) is 5.92 Å². The second-order valence-corrected chi connectivity index (χ2v) is 4.97. The molecule has 0 saturated carbocycles. The maximum Gasteiger partial charge on any atom is 0.320 e. The van der Waals surface area contributed by atoms with Gasteiger partial charge in [0.2, 0.25) is 5.89 Å². The minimum absolute atomic E-state index is 0.349. The molecular formula is C12H21N3O3. The maximum absolute atomic E-state index is 10.8. The van der Waals surface area contributed by atoms with Crippen LogP contribution < -0.4 is 0 Å². The van der Waals surface area contributed by atoms with Gasteiger partial charge in [0.1, 0.15) is 6.04 Å². The summed E-state index contributed by atoms with van der Waals surface area (Å²) in [5, 5.41) is 12.8. The highest BCUT2D eigenvalue weighted by molar-refractivity contribution is 5.72. The van der Waals surface area contributed by atoms with Gasteiger partial charge in [-0.05, 0) is 26.3 Å². The molecule has 0 aliphatic heterocycles. The number of carbonyl (C=O) groups is 1. The minimum atomic E-state index is -0.864. The van der Waals surface area contributed by atoms with Crippen molar-refractivity contribution in [2.45, 2.75) is 46.2 Å². The molecule has 1 heterocycles.